The van der Waals surface area contributed by atoms with Crippen LogP contribution >= 0.6 is 0 Å². The molecule has 0 saturated heterocycles. The van der Waals surface area contributed by atoms with Crippen molar-refractivity contribution in [1.29, 1.82) is 0 Å². The number of amides is 1. The second-order valence-corrected chi connectivity index (χ2v) is 7.26. The Morgan fingerprint density at radius 3 is 2.31 bits per heavy atom. The number of hydrogen-bond acceptors (Lipinski definition) is 2. The number of carbonyl (C=O) groups excluding carboxylic acids is 1. The zero-order valence-corrected chi connectivity index (χ0v) is 16.6. The number of carbonyl (C=O) groups is 1. The maximum absolute atomic E-state index is 12.2. The topological polar surface area (TPSA) is 60.1 Å². The molecule has 0 aliphatic rings. The fraction of sp³-hybridized carbons (Fsp3) is 0.160. The first-order chi connectivity index (χ1) is 14.2. The first kappa shape index (κ1) is 19.0. The van der Waals surface area contributed by atoms with E-state index in [0.717, 1.165) is 46.3 Å². The average molecular weight is 383 g/mol. The number of hydrogen-bond donors (Lipinski definition) is 2. The van der Waals surface area contributed by atoms with Crippen LogP contribution in [0.5, 0.6) is 0 Å². The maximum Gasteiger partial charge on any atom is 0.238 e. The largest absolute Gasteiger partial charge is 0.344 e. The Labute approximate surface area is 170 Å². The van der Waals surface area contributed by atoms with E-state index in [4.69, 9.17) is 5.84 Å². The first-order valence-corrected chi connectivity index (χ1v) is 9.88. The zero-order valence-electron chi connectivity index (χ0n) is 16.6. The molecule has 0 radical (unpaired) electrons. The van der Waals surface area contributed by atoms with E-state index in [1.54, 1.807) is 0 Å². The van der Waals surface area contributed by atoms with Crippen molar-refractivity contribution in [3.8, 4) is 11.1 Å². The van der Waals surface area contributed by atoms with Crippen molar-refractivity contribution in [2.45, 2.75) is 26.3 Å². The monoisotopic (exact) mass is 383 g/mol. The number of rotatable bonds is 6. The number of fused-ring (bicyclic) bond motifs is 1. The summed E-state index contributed by atoms with van der Waals surface area (Å²) in [5.74, 6) is 5.22. The van der Waals surface area contributed by atoms with Crippen LogP contribution < -0.4 is 11.3 Å². The molecule has 0 spiro atoms. The van der Waals surface area contributed by atoms with Crippen molar-refractivity contribution in [1.82, 2.24) is 9.99 Å². The van der Waals surface area contributed by atoms with Gasteiger partial charge in [-0.05, 0) is 41.7 Å². The lowest BCUT2D eigenvalue weighted by atomic mass is 9.97. The van der Waals surface area contributed by atoms with Crippen LogP contribution in [-0.2, 0) is 24.2 Å². The van der Waals surface area contributed by atoms with E-state index in [9.17, 15) is 4.79 Å². The molecule has 146 valence electrons. The summed E-state index contributed by atoms with van der Waals surface area (Å²) in [5, 5.41) is 1.13. The van der Waals surface area contributed by atoms with E-state index < -0.39 is 0 Å². The average Bonchev–Trinajstić information content (AvgIpc) is 3.04. The van der Waals surface area contributed by atoms with E-state index in [1.807, 2.05) is 24.3 Å². The Kier molecular flexibility index (Phi) is 5.45. The third-order valence-corrected chi connectivity index (χ3v) is 5.53. The number of benzene rings is 3. The van der Waals surface area contributed by atoms with Gasteiger partial charge in [0.25, 0.3) is 0 Å². The Hall–Kier alpha value is -3.37. The van der Waals surface area contributed by atoms with Crippen LogP contribution in [0.2, 0.25) is 0 Å². The van der Waals surface area contributed by atoms with E-state index >= 15 is 0 Å². The molecule has 3 aromatic carbocycles. The molecule has 0 bridgehead atoms. The van der Waals surface area contributed by atoms with Gasteiger partial charge in [-0.15, -0.1) is 0 Å². The van der Waals surface area contributed by atoms with Crippen LogP contribution in [0.25, 0.3) is 22.0 Å². The lowest BCUT2D eigenvalue weighted by molar-refractivity contribution is -0.120. The second-order valence-electron chi connectivity index (χ2n) is 7.26. The van der Waals surface area contributed by atoms with Gasteiger partial charge in [0.1, 0.15) is 0 Å². The predicted octanol–water partition coefficient (Wildman–Crippen LogP) is 4.39. The van der Waals surface area contributed by atoms with Crippen molar-refractivity contribution in [2.24, 2.45) is 5.84 Å². The molecule has 4 nitrogen and oxygen atoms in total. The fourth-order valence-electron chi connectivity index (χ4n) is 4.07. The van der Waals surface area contributed by atoms with Crippen molar-refractivity contribution in [3.63, 3.8) is 0 Å². The highest BCUT2D eigenvalue weighted by Gasteiger charge is 2.19. The highest BCUT2D eigenvalue weighted by atomic mass is 16.2. The Morgan fingerprint density at radius 1 is 0.931 bits per heavy atom. The third kappa shape index (κ3) is 3.80. The van der Waals surface area contributed by atoms with Gasteiger partial charge in [-0.1, -0.05) is 72.8 Å². The van der Waals surface area contributed by atoms with Gasteiger partial charge in [0, 0.05) is 23.1 Å². The molecule has 4 heteroatoms. The highest BCUT2D eigenvalue weighted by molar-refractivity contribution is 6.01. The normalized spacial score (nSPS) is 11.0. The van der Waals surface area contributed by atoms with Gasteiger partial charge in [-0.25, -0.2) is 5.84 Å². The molecule has 29 heavy (non-hydrogen) atoms. The minimum atomic E-state index is -0.182. The van der Waals surface area contributed by atoms with Crippen molar-refractivity contribution >= 4 is 16.8 Å². The van der Waals surface area contributed by atoms with E-state index in [1.165, 1.54) is 5.56 Å². The van der Waals surface area contributed by atoms with Crippen LogP contribution in [0.4, 0.5) is 0 Å². The number of nitrogens with zero attached hydrogens (tertiary/aromatic N) is 1. The Bertz CT molecular complexity index is 1130. The molecule has 0 aliphatic carbocycles. The summed E-state index contributed by atoms with van der Waals surface area (Å²) in [6.45, 7) is 2.95. The highest BCUT2D eigenvalue weighted by Crippen LogP contribution is 2.35. The summed E-state index contributed by atoms with van der Waals surface area (Å²) in [5.41, 5.74) is 9.18. The van der Waals surface area contributed by atoms with E-state index in [2.05, 4.69) is 71.5 Å². The summed E-state index contributed by atoms with van der Waals surface area (Å²) in [6.07, 6.45) is 1.20. The predicted molar refractivity (Wildman–Crippen MR) is 118 cm³/mol. The van der Waals surface area contributed by atoms with Crippen LogP contribution in [-0.4, -0.2) is 10.5 Å². The summed E-state index contributed by atoms with van der Waals surface area (Å²) in [6, 6.07) is 27.2. The van der Waals surface area contributed by atoms with Crippen LogP contribution in [0.15, 0.2) is 78.9 Å². The molecule has 0 fully saturated rings. The maximum atomic E-state index is 12.2. The Morgan fingerprint density at radius 2 is 1.62 bits per heavy atom. The lowest BCUT2D eigenvalue weighted by Crippen LogP contribution is -2.31. The standard InChI is InChI=1S/C25H25N3O/c1-18-22(17-24(29)27-26)25-21(20-11-6-3-7-12-20)13-8-14-23(25)28(18)16-15-19-9-4-2-5-10-19/h2-14H,15-17,26H2,1H3,(H,27,29). The van der Waals surface area contributed by atoms with Gasteiger partial charge in [-0.2, -0.15) is 0 Å². The minimum Gasteiger partial charge on any atom is -0.344 e. The van der Waals surface area contributed by atoms with E-state index in [0.29, 0.717) is 0 Å². The van der Waals surface area contributed by atoms with Crippen LogP contribution in [0.3, 0.4) is 0 Å². The van der Waals surface area contributed by atoms with Gasteiger partial charge in [0.2, 0.25) is 5.91 Å². The molecule has 4 aromatic rings. The summed E-state index contributed by atoms with van der Waals surface area (Å²) in [4.78, 5) is 12.2. The molecule has 1 amide bonds. The van der Waals surface area contributed by atoms with E-state index in [-0.39, 0.29) is 12.3 Å². The first-order valence-electron chi connectivity index (χ1n) is 9.88. The lowest BCUT2D eigenvalue weighted by Gasteiger charge is -2.09. The molecule has 0 atom stereocenters. The van der Waals surface area contributed by atoms with Gasteiger partial charge in [0.05, 0.1) is 6.42 Å². The summed E-state index contributed by atoms with van der Waals surface area (Å²) in [7, 11) is 0. The van der Waals surface area contributed by atoms with Crippen LogP contribution in [0, 0.1) is 6.92 Å². The molecule has 0 unspecified atom stereocenters. The van der Waals surface area contributed by atoms with Crippen molar-refractivity contribution in [2.75, 3.05) is 0 Å². The number of nitrogens with two attached hydrogens (primary N) is 1. The number of nitrogens with one attached hydrogen (secondary N) is 1. The summed E-state index contributed by atoms with van der Waals surface area (Å²) < 4.78 is 2.33. The van der Waals surface area contributed by atoms with Crippen LogP contribution in [0.1, 0.15) is 16.8 Å². The zero-order chi connectivity index (χ0) is 20.2. The molecule has 1 aromatic heterocycles. The fourth-order valence-corrected chi connectivity index (χ4v) is 4.07. The SMILES string of the molecule is Cc1c(CC(=O)NN)c2c(-c3ccccc3)cccc2n1CCc1ccccc1. The number of aromatic nitrogens is 1. The van der Waals surface area contributed by atoms with Gasteiger partial charge in [-0.3, -0.25) is 10.2 Å². The smallest absolute Gasteiger partial charge is 0.238 e. The van der Waals surface area contributed by atoms with Gasteiger partial charge in [0.15, 0.2) is 0 Å². The van der Waals surface area contributed by atoms with Gasteiger partial charge >= 0.3 is 0 Å². The summed E-state index contributed by atoms with van der Waals surface area (Å²) >= 11 is 0. The molecule has 4 rings (SSSR count). The molecular formula is C25H25N3O. The van der Waals surface area contributed by atoms with Crippen molar-refractivity contribution < 1.29 is 4.79 Å². The molecule has 0 aliphatic heterocycles. The molecule has 0 saturated carbocycles. The van der Waals surface area contributed by atoms with Gasteiger partial charge < -0.3 is 4.57 Å². The quantitative estimate of drug-likeness (QED) is 0.295. The van der Waals surface area contributed by atoms with Crippen molar-refractivity contribution in [3.05, 3.63) is 95.7 Å². The third-order valence-electron chi connectivity index (χ3n) is 5.53. The number of hydrazine groups is 1. The second kappa shape index (κ2) is 8.33. The minimum absolute atomic E-state index is 0.182. The number of aryl methyl sites for hydroxylation is 2. The Balaban J connectivity index is 1.85. The molecular weight excluding hydrogens is 358 g/mol. The molecule has 3 N–H and O–H groups in total. The molecule has 1 heterocycles.